The Morgan fingerprint density at radius 1 is 0.788 bits per heavy atom. The van der Waals surface area contributed by atoms with Crippen LogP contribution in [0.25, 0.3) is 11.1 Å². The molecule has 9 nitrogen and oxygen atoms in total. The molecule has 4 aromatic rings. The number of benzene rings is 2. The van der Waals surface area contributed by atoms with Gasteiger partial charge in [0.15, 0.2) is 0 Å². The maximum atomic E-state index is 12.0. The molecule has 2 aromatic heterocycles. The van der Waals surface area contributed by atoms with E-state index in [1.165, 1.54) is 25.5 Å². The van der Waals surface area contributed by atoms with Crippen molar-refractivity contribution in [1.29, 1.82) is 0 Å². The van der Waals surface area contributed by atoms with Crippen LogP contribution in [0.5, 0.6) is 5.88 Å². The molecule has 2 heterocycles. The Balaban J connectivity index is 1.52. The van der Waals surface area contributed by atoms with Crippen molar-refractivity contribution in [2.45, 2.75) is 4.90 Å². The van der Waals surface area contributed by atoms with Crippen molar-refractivity contribution >= 4 is 33.0 Å². The first-order valence-electron chi connectivity index (χ1n) is 9.97. The molecule has 0 saturated heterocycles. The molecule has 0 unspecified atom stereocenters. The van der Waals surface area contributed by atoms with Gasteiger partial charge in [0.1, 0.15) is 18.0 Å². The van der Waals surface area contributed by atoms with E-state index >= 15 is 0 Å². The molecule has 0 amide bonds. The van der Waals surface area contributed by atoms with Crippen LogP contribution in [0, 0.1) is 0 Å². The van der Waals surface area contributed by atoms with Gasteiger partial charge in [-0.1, -0.05) is 18.2 Å². The molecule has 0 aliphatic rings. The van der Waals surface area contributed by atoms with E-state index in [-0.39, 0.29) is 4.90 Å². The Morgan fingerprint density at radius 2 is 1.48 bits per heavy atom. The fourth-order valence-corrected chi connectivity index (χ4v) is 3.87. The Kier molecular flexibility index (Phi) is 6.48. The molecule has 10 heteroatoms. The van der Waals surface area contributed by atoms with Crippen LogP contribution < -0.4 is 20.1 Å². The molecular weight excluding hydrogens is 440 g/mol. The average Bonchev–Trinajstić information content (AvgIpc) is 2.85. The normalized spacial score (nSPS) is 11.1. The van der Waals surface area contributed by atoms with Gasteiger partial charge in [0.2, 0.25) is 15.9 Å². The molecule has 0 radical (unpaired) electrons. The molecule has 0 spiro atoms. The maximum absolute atomic E-state index is 12.0. The highest BCUT2D eigenvalue weighted by atomic mass is 32.2. The van der Waals surface area contributed by atoms with E-state index in [1.807, 2.05) is 36.4 Å². The second kappa shape index (κ2) is 9.63. The molecule has 0 bridgehead atoms. The zero-order valence-corrected chi connectivity index (χ0v) is 18.8. The Bertz CT molecular complexity index is 1360. The number of nitrogens with one attached hydrogen (secondary N) is 3. The highest BCUT2D eigenvalue weighted by Gasteiger charge is 2.11. The summed E-state index contributed by atoms with van der Waals surface area (Å²) in [5, 5.41) is 6.38. The van der Waals surface area contributed by atoms with Crippen LogP contribution in [-0.4, -0.2) is 37.5 Å². The summed E-state index contributed by atoms with van der Waals surface area (Å²) in [7, 11) is -0.585. The summed E-state index contributed by atoms with van der Waals surface area (Å²) >= 11 is 0. The van der Waals surface area contributed by atoms with Crippen LogP contribution in [0.2, 0.25) is 0 Å². The average molecular weight is 463 g/mol. The third-order valence-electron chi connectivity index (χ3n) is 4.77. The van der Waals surface area contributed by atoms with E-state index in [9.17, 15) is 8.42 Å². The monoisotopic (exact) mass is 462 g/mol. The minimum atomic E-state index is -3.54. The zero-order valence-electron chi connectivity index (χ0n) is 18.0. The number of methoxy groups -OCH3 is 1. The Morgan fingerprint density at radius 3 is 2.12 bits per heavy atom. The fraction of sp³-hybridized carbons (Fsp3) is 0.0870. The van der Waals surface area contributed by atoms with Gasteiger partial charge in [0.25, 0.3) is 0 Å². The number of aromatic nitrogens is 3. The van der Waals surface area contributed by atoms with Crippen molar-refractivity contribution in [1.82, 2.24) is 19.7 Å². The fourth-order valence-electron chi connectivity index (χ4n) is 3.10. The molecule has 0 aliphatic heterocycles. The number of hydrogen-bond donors (Lipinski definition) is 3. The standard InChI is InChI=1S/C23H22N6O3S/c1-24-33(30,31)20-8-4-7-19(12-20)29-22-13-21(26-15-27-22)28-18-6-3-5-16(11-18)17-9-10-23(32-2)25-14-17/h3-15,24H,1-2H3,(H2,26,27,28,29). The predicted octanol–water partition coefficient (Wildman–Crippen LogP) is 3.94. The molecular formula is C23H22N6O3S. The van der Waals surface area contributed by atoms with Gasteiger partial charge in [0.05, 0.1) is 12.0 Å². The predicted molar refractivity (Wildman–Crippen MR) is 128 cm³/mol. The van der Waals surface area contributed by atoms with Gasteiger partial charge in [-0.05, 0) is 49.0 Å². The van der Waals surface area contributed by atoms with Gasteiger partial charge >= 0.3 is 0 Å². The lowest BCUT2D eigenvalue weighted by molar-refractivity contribution is 0.398. The van der Waals surface area contributed by atoms with E-state index in [0.717, 1.165) is 16.8 Å². The lowest BCUT2D eigenvalue weighted by Gasteiger charge is -2.11. The smallest absolute Gasteiger partial charge is 0.240 e. The molecule has 33 heavy (non-hydrogen) atoms. The minimum absolute atomic E-state index is 0.159. The molecule has 0 saturated carbocycles. The van der Waals surface area contributed by atoms with Crippen molar-refractivity contribution in [2.24, 2.45) is 0 Å². The molecule has 0 atom stereocenters. The molecule has 168 valence electrons. The summed E-state index contributed by atoms with van der Waals surface area (Å²) in [6, 6.07) is 19.8. The van der Waals surface area contributed by atoms with E-state index in [4.69, 9.17) is 4.74 Å². The molecule has 2 aromatic carbocycles. The van der Waals surface area contributed by atoms with Crippen LogP contribution in [-0.2, 0) is 10.0 Å². The summed E-state index contributed by atoms with van der Waals surface area (Å²) < 4.78 is 31.5. The summed E-state index contributed by atoms with van der Waals surface area (Å²) in [4.78, 5) is 12.9. The van der Waals surface area contributed by atoms with Crippen molar-refractivity contribution in [3.63, 3.8) is 0 Å². The lowest BCUT2D eigenvalue weighted by Crippen LogP contribution is -2.18. The van der Waals surface area contributed by atoms with E-state index in [0.29, 0.717) is 23.2 Å². The van der Waals surface area contributed by atoms with Gasteiger partial charge < -0.3 is 15.4 Å². The van der Waals surface area contributed by atoms with Crippen LogP contribution in [0.15, 0.2) is 84.1 Å². The quantitative estimate of drug-likeness (QED) is 0.360. The van der Waals surface area contributed by atoms with Gasteiger partial charge in [-0.2, -0.15) is 0 Å². The van der Waals surface area contributed by atoms with Crippen molar-refractivity contribution in [3.8, 4) is 17.0 Å². The zero-order chi connectivity index (χ0) is 23.3. The highest BCUT2D eigenvalue weighted by Crippen LogP contribution is 2.26. The third-order valence-corrected chi connectivity index (χ3v) is 6.18. The van der Waals surface area contributed by atoms with Crippen molar-refractivity contribution in [2.75, 3.05) is 24.8 Å². The maximum Gasteiger partial charge on any atom is 0.240 e. The second-order valence-corrected chi connectivity index (χ2v) is 8.83. The first-order chi connectivity index (χ1) is 16.0. The molecule has 4 rings (SSSR count). The number of ether oxygens (including phenoxy) is 1. The SMILES string of the molecule is CNS(=O)(=O)c1cccc(Nc2cc(Nc3cccc(-c4ccc(OC)nc4)c3)ncn2)c1. The van der Waals surface area contributed by atoms with Crippen LogP contribution >= 0.6 is 0 Å². The van der Waals surface area contributed by atoms with Crippen molar-refractivity contribution < 1.29 is 13.2 Å². The Labute approximate surface area is 192 Å². The molecule has 3 N–H and O–H groups in total. The van der Waals surface area contributed by atoms with E-state index in [2.05, 4.69) is 30.3 Å². The van der Waals surface area contributed by atoms with Crippen LogP contribution in [0.1, 0.15) is 0 Å². The topological polar surface area (TPSA) is 118 Å². The summed E-state index contributed by atoms with van der Waals surface area (Å²) in [6.45, 7) is 0. The van der Waals surface area contributed by atoms with Gasteiger partial charge in [-0.3, -0.25) is 0 Å². The van der Waals surface area contributed by atoms with Crippen LogP contribution in [0.3, 0.4) is 0 Å². The van der Waals surface area contributed by atoms with Gasteiger partial charge in [-0.15, -0.1) is 0 Å². The Hall–Kier alpha value is -4.02. The highest BCUT2D eigenvalue weighted by molar-refractivity contribution is 7.89. The van der Waals surface area contributed by atoms with Gasteiger partial charge in [-0.25, -0.2) is 28.1 Å². The van der Waals surface area contributed by atoms with E-state index < -0.39 is 10.0 Å². The third kappa shape index (κ3) is 5.43. The summed E-state index contributed by atoms with van der Waals surface area (Å²) in [5.41, 5.74) is 3.38. The number of hydrogen-bond acceptors (Lipinski definition) is 8. The number of rotatable bonds is 8. The second-order valence-electron chi connectivity index (χ2n) is 6.94. The number of pyridine rings is 1. The first kappa shape index (κ1) is 22.2. The van der Waals surface area contributed by atoms with Crippen molar-refractivity contribution in [3.05, 3.63) is 79.3 Å². The van der Waals surface area contributed by atoms with E-state index in [1.54, 1.807) is 31.5 Å². The number of nitrogens with zero attached hydrogens (tertiary/aromatic N) is 3. The summed E-state index contributed by atoms with van der Waals surface area (Å²) in [5.74, 6) is 1.65. The molecule has 0 fully saturated rings. The van der Waals surface area contributed by atoms with Gasteiger partial charge in [0, 0.05) is 35.3 Å². The minimum Gasteiger partial charge on any atom is -0.481 e. The lowest BCUT2D eigenvalue weighted by atomic mass is 10.1. The summed E-state index contributed by atoms with van der Waals surface area (Å²) in [6.07, 6.45) is 3.18. The first-order valence-corrected chi connectivity index (χ1v) is 11.5. The van der Waals surface area contributed by atoms with Crippen LogP contribution in [0.4, 0.5) is 23.0 Å². The number of sulfonamides is 1. The number of anilines is 4. The molecule has 0 aliphatic carbocycles. The largest absolute Gasteiger partial charge is 0.481 e.